The highest BCUT2D eigenvalue weighted by molar-refractivity contribution is 7.10. The third-order valence-corrected chi connectivity index (χ3v) is 5.44. The molecule has 0 aliphatic rings. The van der Waals surface area contributed by atoms with Crippen molar-refractivity contribution >= 4 is 34.2 Å². The summed E-state index contributed by atoms with van der Waals surface area (Å²) in [6, 6.07) is 12.2. The molecule has 0 aliphatic heterocycles. The van der Waals surface area contributed by atoms with Crippen LogP contribution < -0.4 is 14.8 Å². The van der Waals surface area contributed by atoms with Crippen molar-refractivity contribution in [2.45, 2.75) is 6.92 Å². The van der Waals surface area contributed by atoms with Gasteiger partial charge in [-0.3, -0.25) is 10.1 Å². The smallest absolute Gasteiger partial charge is 0.258 e. The standard InChI is InChI=1S/C20H17ClN6O3S/c1-11-17(24-26-27(11)12-8-9-15(29-2)16(10-12)30-3)18-22-20(31-25-18)23-19(28)13-6-4-5-7-14(13)21/h4-10H,1-3H3,(H,22,23,25,28). The minimum Gasteiger partial charge on any atom is -0.493 e. The van der Waals surface area contributed by atoms with Gasteiger partial charge in [0.1, 0.15) is 0 Å². The van der Waals surface area contributed by atoms with Gasteiger partial charge in [-0.15, -0.1) is 5.10 Å². The van der Waals surface area contributed by atoms with Crippen molar-refractivity contribution in [3.05, 3.63) is 58.7 Å². The zero-order chi connectivity index (χ0) is 22.0. The van der Waals surface area contributed by atoms with E-state index in [-0.39, 0.29) is 5.91 Å². The third kappa shape index (κ3) is 4.07. The van der Waals surface area contributed by atoms with Crippen LogP contribution in [0.1, 0.15) is 16.1 Å². The molecule has 0 saturated heterocycles. The van der Waals surface area contributed by atoms with Crippen molar-refractivity contribution in [3.8, 4) is 28.7 Å². The van der Waals surface area contributed by atoms with E-state index in [0.29, 0.717) is 38.7 Å². The molecule has 0 spiro atoms. The average molecular weight is 457 g/mol. The number of hydrogen-bond acceptors (Lipinski definition) is 8. The van der Waals surface area contributed by atoms with Crippen molar-refractivity contribution in [3.63, 3.8) is 0 Å². The third-order valence-electron chi connectivity index (χ3n) is 4.48. The van der Waals surface area contributed by atoms with Crippen molar-refractivity contribution in [2.24, 2.45) is 0 Å². The number of carbonyl (C=O) groups excluding carboxylic acids is 1. The Kier molecular flexibility index (Phi) is 5.83. The van der Waals surface area contributed by atoms with Crippen LogP contribution >= 0.6 is 23.1 Å². The molecule has 1 amide bonds. The summed E-state index contributed by atoms with van der Waals surface area (Å²) in [6.07, 6.45) is 0. The quantitative estimate of drug-likeness (QED) is 0.467. The van der Waals surface area contributed by atoms with Gasteiger partial charge in [0.25, 0.3) is 5.91 Å². The van der Waals surface area contributed by atoms with Crippen LogP contribution in [-0.2, 0) is 0 Å². The summed E-state index contributed by atoms with van der Waals surface area (Å²) in [5.74, 6) is 1.19. The Bertz CT molecular complexity index is 1260. The molecule has 2 heterocycles. The second-order valence-corrected chi connectivity index (χ2v) is 7.49. The molecular formula is C20H17ClN6O3S. The molecule has 0 fully saturated rings. The Morgan fingerprint density at radius 2 is 1.90 bits per heavy atom. The second kappa shape index (κ2) is 8.70. The Morgan fingerprint density at radius 1 is 1.13 bits per heavy atom. The van der Waals surface area contributed by atoms with Crippen LogP contribution in [0.3, 0.4) is 0 Å². The molecule has 0 atom stereocenters. The molecule has 1 N–H and O–H groups in total. The highest BCUT2D eigenvalue weighted by Crippen LogP contribution is 2.30. The lowest BCUT2D eigenvalue weighted by atomic mass is 10.2. The van der Waals surface area contributed by atoms with Crippen LogP contribution in [-0.4, -0.2) is 44.5 Å². The lowest BCUT2D eigenvalue weighted by Gasteiger charge is -2.10. The number of amides is 1. The van der Waals surface area contributed by atoms with E-state index in [2.05, 4.69) is 25.0 Å². The molecule has 158 valence electrons. The number of methoxy groups -OCH3 is 2. The summed E-state index contributed by atoms with van der Waals surface area (Å²) in [5, 5.41) is 11.8. The number of benzene rings is 2. The fraction of sp³-hybridized carbons (Fsp3) is 0.150. The minimum absolute atomic E-state index is 0.333. The van der Waals surface area contributed by atoms with E-state index < -0.39 is 0 Å². The summed E-state index contributed by atoms with van der Waals surface area (Å²) < 4.78 is 16.6. The van der Waals surface area contributed by atoms with Crippen LogP contribution in [0, 0.1) is 6.92 Å². The van der Waals surface area contributed by atoms with E-state index in [1.807, 2.05) is 13.0 Å². The van der Waals surface area contributed by atoms with E-state index >= 15 is 0 Å². The number of ether oxygens (including phenoxy) is 2. The Balaban J connectivity index is 1.58. The maximum absolute atomic E-state index is 12.4. The van der Waals surface area contributed by atoms with E-state index in [0.717, 1.165) is 22.9 Å². The molecule has 31 heavy (non-hydrogen) atoms. The summed E-state index contributed by atoms with van der Waals surface area (Å²) >= 11 is 7.13. The van der Waals surface area contributed by atoms with Crippen LogP contribution in [0.15, 0.2) is 42.5 Å². The van der Waals surface area contributed by atoms with Gasteiger partial charge in [-0.2, -0.15) is 9.36 Å². The predicted molar refractivity (Wildman–Crippen MR) is 118 cm³/mol. The molecule has 2 aromatic heterocycles. The SMILES string of the molecule is COc1ccc(-n2nnc(-c3nsc(NC(=O)c4ccccc4Cl)n3)c2C)cc1OC. The van der Waals surface area contributed by atoms with Crippen molar-refractivity contribution in [1.82, 2.24) is 24.4 Å². The van der Waals surface area contributed by atoms with E-state index in [1.165, 1.54) is 0 Å². The molecule has 11 heteroatoms. The van der Waals surface area contributed by atoms with Gasteiger partial charge in [0.2, 0.25) is 5.13 Å². The number of carbonyl (C=O) groups is 1. The van der Waals surface area contributed by atoms with Crippen LogP contribution in [0.2, 0.25) is 5.02 Å². The van der Waals surface area contributed by atoms with Gasteiger partial charge in [-0.25, -0.2) is 4.68 Å². The molecular weight excluding hydrogens is 440 g/mol. The van der Waals surface area contributed by atoms with E-state index in [4.69, 9.17) is 21.1 Å². The van der Waals surface area contributed by atoms with Gasteiger partial charge in [-0.05, 0) is 31.2 Å². The average Bonchev–Trinajstić information content (AvgIpc) is 3.39. The molecule has 0 radical (unpaired) electrons. The lowest BCUT2D eigenvalue weighted by Crippen LogP contribution is -2.12. The molecule has 0 aliphatic carbocycles. The number of halogens is 1. The minimum atomic E-state index is -0.362. The zero-order valence-corrected chi connectivity index (χ0v) is 18.4. The number of rotatable bonds is 6. The zero-order valence-electron chi connectivity index (χ0n) is 16.8. The van der Waals surface area contributed by atoms with Crippen LogP contribution in [0.25, 0.3) is 17.2 Å². The highest BCUT2D eigenvalue weighted by Gasteiger charge is 2.19. The molecule has 0 bridgehead atoms. The highest BCUT2D eigenvalue weighted by atomic mass is 35.5. The molecule has 0 unspecified atom stereocenters. The summed E-state index contributed by atoms with van der Waals surface area (Å²) in [7, 11) is 3.14. The first kappa shape index (κ1) is 20.8. The molecule has 9 nitrogen and oxygen atoms in total. The number of nitrogens with zero attached hydrogens (tertiary/aromatic N) is 5. The summed E-state index contributed by atoms with van der Waals surface area (Å²) in [5.41, 5.74) is 2.34. The lowest BCUT2D eigenvalue weighted by molar-refractivity contribution is 0.102. The number of nitrogens with one attached hydrogen (secondary N) is 1. The Labute approximate surface area is 186 Å². The van der Waals surface area contributed by atoms with Crippen molar-refractivity contribution in [1.29, 1.82) is 0 Å². The monoisotopic (exact) mass is 456 g/mol. The Hall–Kier alpha value is -3.50. The fourth-order valence-corrected chi connectivity index (χ4v) is 3.71. The summed E-state index contributed by atoms with van der Waals surface area (Å²) in [4.78, 5) is 16.8. The first-order valence-corrected chi connectivity index (χ1v) is 10.2. The first-order valence-electron chi connectivity index (χ1n) is 9.06. The number of anilines is 1. The first-order chi connectivity index (χ1) is 15.0. The summed E-state index contributed by atoms with van der Waals surface area (Å²) in [6.45, 7) is 1.86. The van der Waals surface area contributed by atoms with Gasteiger partial charge in [-0.1, -0.05) is 28.9 Å². The van der Waals surface area contributed by atoms with Gasteiger partial charge < -0.3 is 9.47 Å². The van der Waals surface area contributed by atoms with Crippen LogP contribution in [0.5, 0.6) is 11.5 Å². The molecule has 4 aromatic rings. The van der Waals surface area contributed by atoms with E-state index in [9.17, 15) is 4.79 Å². The normalized spacial score (nSPS) is 10.7. The van der Waals surface area contributed by atoms with E-state index in [1.54, 1.807) is 55.3 Å². The molecule has 4 rings (SSSR count). The van der Waals surface area contributed by atoms with Gasteiger partial charge in [0.05, 0.1) is 36.2 Å². The predicted octanol–water partition coefficient (Wildman–Crippen LogP) is 4.02. The second-order valence-electron chi connectivity index (χ2n) is 6.33. The Morgan fingerprint density at radius 3 is 2.65 bits per heavy atom. The molecule has 0 saturated carbocycles. The topological polar surface area (TPSA) is 104 Å². The number of hydrogen-bond donors (Lipinski definition) is 1. The molecule has 2 aromatic carbocycles. The van der Waals surface area contributed by atoms with Gasteiger partial charge in [0.15, 0.2) is 23.0 Å². The largest absolute Gasteiger partial charge is 0.493 e. The maximum atomic E-state index is 12.4. The van der Waals surface area contributed by atoms with Gasteiger partial charge >= 0.3 is 0 Å². The maximum Gasteiger partial charge on any atom is 0.258 e. The number of aromatic nitrogens is 5. The van der Waals surface area contributed by atoms with Crippen molar-refractivity contribution < 1.29 is 14.3 Å². The van der Waals surface area contributed by atoms with Crippen molar-refractivity contribution in [2.75, 3.05) is 19.5 Å². The van der Waals surface area contributed by atoms with Gasteiger partial charge in [0, 0.05) is 17.6 Å². The van der Waals surface area contributed by atoms with Crippen LogP contribution in [0.4, 0.5) is 5.13 Å². The fourth-order valence-electron chi connectivity index (χ4n) is 2.92.